The first-order chi connectivity index (χ1) is 7.26. The number of fused-ring (bicyclic) bond motifs is 1. The molecule has 0 atom stereocenters. The molecule has 0 amide bonds. The molecular formula is C11H13ClN2O. The van der Waals surface area contributed by atoms with Crippen molar-refractivity contribution in [2.75, 3.05) is 13.7 Å². The van der Waals surface area contributed by atoms with Crippen LogP contribution in [0.15, 0.2) is 18.3 Å². The number of ether oxygens (including phenoxy) is 1. The van der Waals surface area contributed by atoms with Gasteiger partial charge in [-0.15, -0.1) is 0 Å². The van der Waals surface area contributed by atoms with Gasteiger partial charge in [0.25, 0.3) is 0 Å². The molecule has 0 radical (unpaired) electrons. The summed E-state index contributed by atoms with van der Waals surface area (Å²) in [6.45, 7) is 0.627. The fourth-order valence-corrected chi connectivity index (χ4v) is 1.96. The minimum Gasteiger partial charge on any atom is -0.497 e. The van der Waals surface area contributed by atoms with Crippen molar-refractivity contribution in [2.24, 2.45) is 5.73 Å². The Labute approximate surface area is 93.2 Å². The number of hydrogen-bond donors (Lipinski definition) is 2. The van der Waals surface area contributed by atoms with Crippen molar-refractivity contribution in [3.8, 4) is 5.75 Å². The molecule has 4 heteroatoms. The van der Waals surface area contributed by atoms with E-state index in [9.17, 15) is 0 Å². The van der Waals surface area contributed by atoms with E-state index in [2.05, 4.69) is 4.98 Å². The molecule has 3 nitrogen and oxygen atoms in total. The summed E-state index contributed by atoms with van der Waals surface area (Å²) in [4.78, 5) is 3.15. The zero-order chi connectivity index (χ0) is 10.8. The van der Waals surface area contributed by atoms with Gasteiger partial charge in [0, 0.05) is 17.6 Å². The summed E-state index contributed by atoms with van der Waals surface area (Å²) < 4.78 is 5.18. The molecule has 0 unspecified atom stereocenters. The summed E-state index contributed by atoms with van der Waals surface area (Å²) in [5.74, 6) is 0.769. The quantitative estimate of drug-likeness (QED) is 0.841. The predicted molar refractivity (Wildman–Crippen MR) is 62.6 cm³/mol. The van der Waals surface area contributed by atoms with Crippen molar-refractivity contribution >= 4 is 22.5 Å². The van der Waals surface area contributed by atoms with Crippen LogP contribution in [0.5, 0.6) is 5.75 Å². The van der Waals surface area contributed by atoms with Crippen LogP contribution in [-0.2, 0) is 6.42 Å². The van der Waals surface area contributed by atoms with Crippen molar-refractivity contribution in [3.63, 3.8) is 0 Å². The van der Waals surface area contributed by atoms with Crippen LogP contribution in [0.2, 0.25) is 5.02 Å². The third-order valence-electron chi connectivity index (χ3n) is 2.45. The van der Waals surface area contributed by atoms with Gasteiger partial charge in [0.2, 0.25) is 0 Å². The van der Waals surface area contributed by atoms with Crippen LogP contribution in [0.25, 0.3) is 10.9 Å². The molecule has 0 saturated heterocycles. The lowest BCUT2D eigenvalue weighted by Gasteiger charge is -2.03. The number of benzene rings is 1. The number of nitrogens with one attached hydrogen (secondary N) is 1. The molecule has 0 spiro atoms. The molecule has 80 valence electrons. The first-order valence-electron chi connectivity index (χ1n) is 4.80. The van der Waals surface area contributed by atoms with Crippen LogP contribution in [0, 0.1) is 0 Å². The number of H-pyrrole nitrogens is 1. The van der Waals surface area contributed by atoms with Crippen LogP contribution in [0.4, 0.5) is 0 Å². The van der Waals surface area contributed by atoms with Gasteiger partial charge in [-0.25, -0.2) is 0 Å². The molecule has 0 bridgehead atoms. The van der Waals surface area contributed by atoms with E-state index in [1.54, 1.807) is 13.2 Å². The molecule has 3 N–H and O–H groups in total. The standard InChI is InChI=1S/C11H13ClN2O/c1-15-8-4-9-7(2-3-13)6-14-11(9)10(12)5-8/h4-6,14H,2-3,13H2,1H3. The Bertz CT molecular complexity index is 479. The minimum atomic E-state index is 0.627. The molecule has 0 aliphatic heterocycles. The number of methoxy groups -OCH3 is 1. The second kappa shape index (κ2) is 4.13. The Kier molecular flexibility index (Phi) is 2.84. The second-order valence-electron chi connectivity index (χ2n) is 3.38. The summed E-state index contributed by atoms with van der Waals surface area (Å²) >= 11 is 6.11. The number of hydrogen-bond acceptors (Lipinski definition) is 2. The predicted octanol–water partition coefficient (Wildman–Crippen LogP) is 2.33. The van der Waals surface area contributed by atoms with E-state index in [0.717, 1.165) is 23.1 Å². The third-order valence-corrected chi connectivity index (χ3v) is 2.75. The van der Waals surface area contributed by atoms with Crippen molar-refractivity contribution < 1.29 is 4.74 Å². The molecule has 0 aliphatic rings. The van der Waals surface area contributed by atoms with Gasteiger partial charge in [-0.2, -0.15) is 0 Å². The fraction of sp³-hybridized carbons (Fsp3) is 0.273. The Balaban J connectivity index is 2.61. The van der Waals surface area contributed by atoms with E-state index < -0.39 is 0 Å². The van der Waals surface area contributed by atoms with Crippen molar-refractivity contribution in [1.82, 2.24) is 4.98 Å². The highest BCUT2D eigenvalue weighted by atomic mass is 35.5. The van der Waals surface area contributed by atoms with Gasteiger partial charge in [-0.3, -0.25) is 0 Å². The van der Waals surface area contributed by atoms with Gasteiger partial charge in [-0.1, -0.05) is 11.6 Å². The monoisotopic (exact) mass is 224 g/mol. The second-order valence-corrected chi connectivity index (χ2v) is 3.79. The van der Waals surface area contributed by atoms with E-state index in [0.29, 0.717) is 11.6 Å². The van der Waals surface area contributed by atoms with Gasteiger partial charge >= 0.3 is 0 Å². The Hall–Kier alpha value is -1.19. The van der Waals surface area contributed by atoms with Gasteiger partial charge in [-0.05, 0) is 24.6 Å². The van der Waals surface area contributed by atoms with E-state index >= 15 is 0 Å². The molecule has 1 heterocycles. The normalized spacial score (nSPS) is 10.9. The van der Waals surface area contributed by atoms with Crippen LogP contribution in [-0.4, -0.2) is 18.6 Å². The number of aromatic nitrogens is 1. The SMILES string of the molecule is COc1cc(Cl)c2[nH]cc(CCN)c2c1. The van der Waals surface area contributed by atoms with Crippen LogP contribution in [0.1, 0.15) is 5.56 Å². The molecule has 2 aromatic rings. The maximum absolute atomic E-state index is 6.11. The minimum absolute atomic E-state index is 0.627. The number of nitrogens with two attached hydrogens (primary N) is 1. The fourth-order valence-electron chi connectivity index (χ4n) is 1.70. The van der Waals surface area contributed by atoms with Crippen molar-refractivity contribution in [2.45, 2.75) is 6.42 Å². The molecule has 0 saturated carbocycles. The summed E-state index contributed by atoms with van der Waals surface area (Å²) in [6.07, 6.45) is 2.78. The number of aromatic amines is 1. The smallest absolute Gasteiger partial charge is 0.121 e. The van der Waals surface area contributed by atoms with Gasteiger partial charge in [0.15, 0.2) is 0 Å². The van der Waals surface area contributed by atoms with E-state index in [4.69, 9.17) is 22.1 Å². The Morgan fingerprint density at radius 3 is 2.93 bits per heavy atom. The van der Waals surface area contributed by atoms with Crippen molar-refractivity contribution in [3.05, 3.63) is 28.9 Å². The van der Waals surface area contributed by atoms with E-state index in [1.807, 2.05) is 12.3 Å². The van der Waals surface area contributed by atoms with Gasteiger partial charge in [0.05, 0.1) is 17.6 Å². The molecule has 0 aliphatic carbocycles. The van der Waals surface area contributed by atoms with E-state index in [-0.39, 0.29) is 0 Å². The Morgan fingerprint density at radius 2 is 2.27 bits per heavy atom. The van der Waals surface area contributed by atoms with Gasteiger partial charge < -0.3 is 15.5 Å². The lowest BCUT2D eigenvalue weighted by Crippen LogP contribution is -2.01. The number of halogens is 1. The molecule has 0 fully saturated rings. The highest BCUT2D eigenvalue weighted by molar-refractivity contribution is 6.35. The first kappa shape index (κ1) is 10.3. The molecule has 1 aromatic carbocycles. The maximum atomic E-state index is 6.11. The summed E-state index contributed by atoms with van der Waals surface area (Å²) in [7, 11) is 1.63. The van der Waals surface area contributed by atoms with Crippen LogP contribution in [0.3, 0.4) is 0 Å². The summed E-state index contributed by atoms with van der Waals surface area (Å²) in [5.41, 5.74) is 7.66. The van der Waals surface area contributed by atoms with Crippen LogP contribution < -0.4 is 10.5 Å². The highest BCUT2D eigenvalue weighted by Gasteiger charge is 2.08. The molecule has 2 rings (SSSR count). The van der Waals surface area contributed by atoms with Gasteiger partial charge in [0.1, 0.15) is 5.75 Å². The average molecular weight is 225 g/mol. The molecule has 15 heavy (non-hydrogen) atoms. The zero-order valence-electron chi connectivity index (χ0n) is 8.51. The first-order valence-corrected chi connectivity index (χ1v) is 5.17. The van der Waals surface area contributed by atoms with Crippen LogP contribution >= 0.6 is 11.6 Å². The highest BCUT2D eigenvalue weighted by Crippen LogP contribution is 2.30. The third kappa shape index (κ3) is 1.80. The Morgan fingerprint density at radius 1 is 1.47 bits per heavy atom. The largest absolute Gasteiger partial charge is 0.497 e. The average Bonchev–Trinajstić information content (AvgIpc) is 2.63. The number of rotatable bonds is 3. The topological polar surface area (TPSA) is 51.0 Å². The lowest BCUT2D eigenvalue weighted by molar-refractivity contribution is 0.415. The summed E-state index contributed by atoms with van der Waals surface area (Å²) in [5, 5.41) is 1.76. The maximum Gasteiger partial charge on any atom is 0.121 e. The summed E-state index contributed by atoms with van der Waals surface area (Å²) in [6, 6.07) is 3.77. The molecular weight excluding hydrogens is 212 g/mol. The zero-order valence-corrected chi connectivity index (χ0v) is 9.27. The van der Waals surface area contributed by atoms with E-state index in [1.165, 1.54) is 5.56 Å². The molecule has 1 aromatic heterocycles. The lowest BCUT2D eigenvalue weighted by atomic mass is 10.1. The van der Waals surface area contributed by atoms with Crippen molar-refractivity contribution in [1.29, 1.82) is 0 Å².